The van der Waals surface area contributed by atoms with Crippen molar-refractivity contribution in [3.05, 3.63) is 63.7 Å². The molecule has 1 aliphatic rings. The van der Waals surface area contributed by atoms with Gasteiger partial charge in [-0.25, -0.2) is 0 Å². The standard InChI is InChI=1S/C23H28ClNO2/c1-4-22(19-10-9-17-7-5-6-8-18(17)14-19)25-23(26)16(3)27-20-11-12-21(24)15(2)13-20/h9-14,16,22H,4-8H2,1-3H3,(H,25,26)/t16-,22+/m1/s1. The van der Waals surface area contributed by atoms with Crippen molar-refractivity contribution in [2.24, 2.45) is 0 Å². The monoisotopic (exact) mass is 385 g/mol. The van der Waals surface area contributed by atoms with Crippen LogP contribution in [0.15, 0.2) is 36.4 Å². The van der Waals surface area contributed by atoms with Gasteiger partial charge in [-0.2, -0.15) is 0 Å². The summed E-state index contributed by atoms with van der Waals surface area (Å²) in [6.07, 6.45) is 5.12. The maximum atomic E-state index is 12.7. The zero-order valence-corrected chi connectivity index (χ0v) is 17.1. The molecule has 0 bridgehead atoms. The van der Waals surface area contributed by atoms with Gasteiger partial charge in [0.25, 0.3) is 5.91 Å². The van der Waals surface area contributed by atoms with Gasteiger partial charge in [0.1, 0.15) is 5.75 Å². The van der Waals surface area contributed by atoms with Gasteiger partial charge in [-0.15, -0.1) is 0 Å². The van der Waals surface area contributed by atoms with Crippen LogP contribution in [-0.4, -0.2) is 12.0 Å². The molecular formula is C23H28ClNO2. The smallest absolute Gasteiger partial charge is 0.261 e. The first-order valence-electron chi connectivity index (χ1n) is 9.82. The van der Waals surface area contributed by atoms with E-state index in [0.29, 0.717) is 10.8 Å². The number of ether oxygens (including phenoxy) is 1. The predicted molar refractivity (Wildman–Crippen MR) is 111 cm³/mol. The highest BCUT2D eigenvalue weighted by Gasteiger charge is 2.20. The Labute approximate surface area is 167 Å². The third-order valence-electron chi connectivity index (χ3n) is 5.31. The van der Waals surface area contributed by atoms with Crippen LogP contribution >= 0.6 is 11.6 Å². The van der Waals surface area contributed by atoms with E-state index >= 15 is 0 Å². The molecule has 0 radical (unpaired) electrons. The molecular weight excluding hydrogens is 358 g/mol. The fourth-order valence-electron chi connectivity index (χ4n) is 3.63. The normalized spacial score (nSPS) is 15.6. The molecule has 0 aromatic heterocycles. The summed E-state index contributed by atoms with van der Waals surface area (Å²) < 4.78 is 5.81. The van der Waals surface area contributed by atoms with Crippen LogP contribution in [0.25, 0.3) is 0 Å². The van der Waals surface area contributed by atoms with Crippen LogP contribution in [0.2, 0.25) is 5.02 Å². The molecule has 0 saturated carbocycles. The number of amides is 1. The second kappa shape index (κ2) is 8.79. The van der Waals surface area contributed by atoms with E-state index in [2.05, 4.69) is 30.4 Å². The Morgan fingerprint density at radius 1 is 1.15 bits per heavy atom. The molecule has 0 fully saturated rings. The van der Waals surface area contributed by atoms with Gasteiger partial charge >= 0.3 is 0 Å². The number of nitrogens with one attached hydrogen (secondary N) is 1. The van der Waals surface area contributed by atoms with Crippen LogP contribution in [0.1, 0.15) is 61.4 Å². The van der Waals surface area contributed by atoms with E-state index in [1.54, 1.807) is 19.1 Å². The maximum absolute atomic E-state index is 12.7. The van der Waals surface area contributed by atoms with Crippen molar-refractivity contribution in [1.29, 1.82) is 0 Å². The van der Waals surface area contributed by atoms with Crippen LogP contribution in [0.5, 0.6) is 5.75 Å². The van der Waals surface area contributed by atoms with E-state index in [1.165, 1.54) is 36.0 Å². The molecule has 0 saturated heterocycles. The molecule has 1 N–H and O–H groups in total. The number of fused-ring (bicyclic) bond motifs is 1. The minimum absolute atomic E-state index is 0.00253. The minimum atomic E-state index is -0.572. The average molecular weight is 386 g/mol. The number of rotatable bonds is 6. The molecule has 2 atom stereocenters. The van der Waals surface area contributed by atoms with Gasteiger partial charge in [0.2, 0.25) is 0 Å². The van der Waals surface area contributed by atoms with Crippen molar-refractivity contribution in [2.75, 3.05) is 0 Å². The number of hydrogen-bond acceptors (Lipinski definition) is 2. The molecule has 27 heavy (non-hydrogen) atoms. The zero-order valence-electron chi connectivity index (χ0n) is 16.3. The summed E-state index contributed by atoms with van der Waals surface area (Å²) in [5.41, 5.74) is 5.01. The molecule has 0 heterocycles. The molecule has 1 amide bonds. The van der Waals surface area contributed by atoms with Crippen molar-refractivity contribution in [3.8, 4) is 5.75 Å². The quantitative estimate of drug-likeness (QED) is 0.706. The maximum Gasteiger partial charge on any atom is 0.261 e. The van der Waals surface area contributed by atoms with Gasteiger partial charge in [-0.05, 0) is 86.4 Å². The fourth-order valence-corrected chi connectivity index (χ4v) is 3.75. The molecule has 3 rings (SSSR count). The van der Waals surface area contributed by atoms with Crippen LogP contribution in [0, 0.1) is 6.92 Å². The van der Waals surface area contributed by atoms with Crippen molar-refractivity contribution in [1.82, 2.24) is 5.32 Å². The number of carbonyl (C=O) groups is 1. The van der Waals surface area contributed by atoms with E-state index in [4.69, 9.17) is 16.3 Å². The second-order valence-electron chi connectivity index (χ2n) is 7.38. The van der Waals surface area contributed by atoms with Crippen molar-refractivity contribution in [3.63, 3.8) is 0 Å². The number of carbonyl (C=O) groups excluding carboxylic acids is 1. The third kappa shape index (κ3) is 4.84. The lowest BCUT2D eigenvalue weighted by atomic mass is 9.89. The van der Waals surface area contributed by atoms with E-state index < -0.39 is 6.10 Å². The number of halogens is 1. The number of benzene rings is 2. The van der Waals surface area contributed by atoms with E-state index in [-0.39, 0.29) is 11.9 Å². The molecule has 4 heteroatoms. The lowest BCUT2D eigenvalue weighted by Crippen LogP contribution is -2.38. The first-order chi connectivity index (χ1) is 13.0. The highest BCUT2D eigenvalue weighted by Crippen LogP contribution is 2.26. The third-order valence-corrected chi connectivity index (χ3v) is 5.74. The molecule has 2 aromatic carbocycles. The Hall–Kier alpha value is -2.00. The minimum Gasteiger partial charge on any atom is -0.481 e. The van der Waals surface area contributed by atoms with Gasteiger partial charge < -0.3 is 10.1 Å². The zero-order chi connectivity index (χ0) is 19.4. The van der Waals surface area contributed by atoms with Crippen LogP contribution < -0.4 is 10.1 Å². The SMILES string of the molecule is CC[C@H](NC(=O)[C@@H](C)Oc1ccc(Cl)c(C)c1)c1ccc2c(c1)CCCC2. The van der Waals surface area contributed by atoms with E-state index in [9.17, 15) is 4.79 Å². The van der Waals surface area contributed by atoms with Crippen LogP contribution in [0.4, 0.5) is 0 Å². The van der Waals surface area contributed by atoms with Crippen LogP contribution in [0.3, 0.4) is 0 Å². The lowest BCUT2D eigenvalue weighted by Gasteiger charge is -2.23. The largest absolute Gasteiger partial charge is 0.481 e. The second-order valence-corrected chi connectivity index (χ2v) is 7.78. The Bertz CT molecular complexity index is 818. The molecule has 3 nitrogen and oxygen atoms in total. The Kier molecular flexibility index (Phi) is 6.43. The van der Waals surface area contributed by atoms with E-state index in [0.717, 1.165) is 18.4 Å². The molecule has 0 spiro atoms. The first-order valence-corrected chi connectivity index (χ1v) is 10.2. The van der Waals surface area contributed by atoms with Crippen molar-refractivity contribution in [2.45, 2.75) is 65.0 Å². The van der Waals surface area contributed by atoms with E-state index in [1.807, 2.05) is 13.0 Å². The Morgan fingerprint density at radius 3 is 2.59 bits per heavy atom. The first kappa shape index (κ1) is 19.8. The van der Waals surface area contributed by atoms with Gasteiger partial charge in [-0.1, -0.05) is 36.7 Å². The lowest BCUT2D eigenvalue weighted by molar-refractivity contribution is -0.128. The molecule has 0 unspecified atom stereocenters. The summed E-state index contributed by atoms with van der Waals surface area (Å²) in [6.45, 7) is 5.79. The molecule has 2 aromatic rings. The Morgan fingerprint density at radius 2 is 1.89 bits per heavy atom. The van der Waals surface area contributed by atoms with Crippen molar-refractivity contribution < 1.29 is 9.53 Å². The van der Waals surface area contributed by atoms with Crippen molar-refractivity contribution >= 4 is 17.5 Å². The van der Waals surface area contributed by atoms with Gasteiger partial charge in [0.05, 0.1) is 6.04 Å². The van der Waals surface area contributed by atoms with Gasteiger partial charge in [-0.3, -0.25) is 4.79 Å². The summed E-state index contributed by atoms with van der Waals surface area (Å²) in [5.74, 6) is 0.550. The topological polar surface area (TPSA) is 38.3 Å². The summed E-state index contributed by atoms with van der Waals surface area (Å²) in [7, 11) is 0. The van der Waals surface area contributed by atoms with Gasteiger partial charge in [0.15, 0.2) is 6.10 Å². The highest BCUT2D eigenvalue weighted by molar-refractivity contribution is 6.31. The summed E-state index contributed by atoms with van der Waals surface area (Å²) in [5, 5.41) is 3.84. The summed E-state index contributed by atoms with van der Waals surface area (Å²) in [4.78, 5) is 12.7. The fraction of sp³-hybridized carbons (Fsp3) is 0.435. The molecule has 1 aliphatic carbocycles. The number of hydrogen-bond donors (Lipinski definition) is 1. The highest BCUT2D eigenvalue weighted by atomic mass is 35.5. The molecule has 144 valence electrons. The molecule has 0 aliphatic heterocycles. The Balaban J connectivity index is 1.66. The summed E-state index contributed by atoms with van der Waals surface area (Å²) >= 11 is 6.05. The van der Waals surface area contributed by atoms with Crippen LogP contribution in [-0.2, 0) is 17.6 Å². The average Bonchev–Trinajstić information content (AvgIpc) is 2.68. The summed E-state index contributed by atoms with van der Waals surface area (Å²) in [6, 6.07) is 12.1. The van der Waals surface area contributed by atoms with Gasteiger partial charge in [0, 0.05) is 5.02 Å². The predicted octanol–water partition coefficient (Wildman–Crippen LogP) is 5.56. The number of aryl methyl sites for hydroxylation is 3.